The molecule has 1 heterocycles. The number of rotatable bonds is 4. The Labute approximate surface area is 133 Å². The minimum atomic E-state index is -0.449. The summed E-state index contributed by atoms with van der Waals surface area (Å²) in [5.74, 6) is 0.392. The molecule has 6 nitrogen and oxygen atoms in total. The number of amides is 1. The van der Waals surface area contributed by atoms with Crippen molar-refractivity contribution >= 4 is 11.6 Å². The summed E-state index contributed by atoms with van der Waals surface area (Å²) in [6.45, 7) is 1.98. The van der Waals surface area contributed by atoms with E-state index >= 15 is 0 Å². The smallest absolute Gasteiger partial charge is 0.313 e. The monoisotopic (exact) mass is 309 g/mol. The fourth-order valence-electron chi connectivity index (χ4n) is 2.01. The molecule has 1 amide bonds. The highest BCUT2D eigenvalue weighted by Crippen LogP contribution is 2.22. The van der Waals surface area contributed by atoms with Gasteiger partial charge in [0.15, 0.2) is 0 Å². The first kappa shape index (κ1) is 14.8. The van der Waals surface area contributed by atoms with Crippen LogP contribution in [0.2, 0.25) is 0 Å². The number of ether oxygens (including phenoxy) is 1. The number of carbonyl (C=O) groups is 1. The largest absolute Gasteiger partial charge is 0.497 e. The third-order valence-electron chi connectivity index (χ3n) is 3.25. The van der Waals surface area contributed by atoms with Gasteiger partial charge in [0.2, 0.25) is 5.89 Å². The first-order valence-electron chi connectivity index (χ1n) is 7.01. The summed E-state index contributed by atoms with van der Waals surface area (Å²) >= 11 is 0. The highest BCUT2D eigenvalue weighted by Gasteiger charge is 2.16. The van der Waals surface area contributed by atoms with E-state index in [0.717, 1.165) is 5.56 Å². The molecule has 0 atom stereocenters. The van der Waals surface area contributed by atoms with Crippen LogP contribution >= 0.6 is 0 Å². The molecule has 0 aliphatic heterocycles. The Morgan fingerprint density at radius 2 is 1.91 bits per heavy atom. The molecule has 0 unspecified atom stereocenters. The predicted molar refractivity (Wildman–Crippen MR) is 85.4 cm³/mol. The molecule has 1 N–H and O–H groups in total. The van der Waals surface area contributed by atoms with Crippen molar-refractivity contribution in [3.05, 3.63) is 60.0 Å². The molecule has 0 fully saturated rings. The fraction of sp³-hybridized carbons (Fsp3) is 0.118. The van der Waals surface area contributed by atoms with Gasteiger partial charge in [-0.05, 0) is 37.3 Å². The van der Waals surface area contributed by atoms with Crippen molar-refractivity contribution in [2.75, 3.05) is 12.4 Å². The number of hydrogen-bond acceptors (Lipinski definition) is 5. The van der Waals surface area contributed by atoms with Crippen LogP contribution in [0, 0.1) is 6.92 Å². The van der Waals surface area contributed by atoms with Gasteiger partial charge in [0.1, 0.15) is 5.75 Å². The summed E-state index contributed by atoms with van der Waals surface area (Å²) in [6.07, 6.45) is 0. The zero-order valence-electron chi connectivity index (χ0n) is 12.7. The van der Waals surface area contributed by atoms with E-state index < -0.39 is 5.91 Å². The molecule has 0 aliphatic carbocycles. The van der Waals surface area contributed by atoms with E-state index in [1.807, 2.05) is 43.3 Å². The molecule has 3 aromatic rings. The molecule has 1 aromatic heterocycles. The molecule has 0 bridgehead atoms. The zero-order chi connectivity index (χ0) is 16.2. The van der Waals surface area contributed by atoms with Crippen molar-refractivity contribution in [1.29, 1.82) is 0 Å². The number of nitrogens with zero attached hydrogens (tertiary/aromatic N) is 2. The average Bonchev–Trinajstić information content (AvgIpc) is 3.07. The Hall–Kier alpha value is -3.15. The maximum atomic E-state index is 12.1. The standard InChI is InChI=1S/C17H15N3O3/c1-11-6-8-13(9-7-11)18-15(21)17-20-19-16(23-17)12-4-3-5-14(10-12)22-2/h3-10H,1-2H3,(H,18,21). The van der Waals surface area contributed by atoms with Crippen LogP contribution < -0.4 is 10.1 Å². The van der Waals surface area contributed by atoms with Crippen molar-refractivity contribution in [2.45, 2.75) is 6.92 Å². The minimum absolute atomic E-state index is 0.0941. The Morgan fingerprint density at radius 1 is 1.13 bits per heavy atom. The van der Waals surface area contributed by atoms with E-state index in [-0.39, 0.29) is 11.8 Å². The maximum Gasteiger partial charge on any atom is 0.313 e. The second-order valence-electron chi connectivity index (χ2n) is 4.96. The lowest BCUT2D eigenvalue weighted by Gasteiger charge is -2.02. The van der Waals surface area contributed by atoms with Crippen LogP contribution in [0.4, 0.5) is 5.69 Å². The first-order chi connectivity index (χ1) is 11.2. The Morgan fingerprint density at radius 3 is 2.65 bits per heavy atom. The number of carbonyl (C=O) groups excluding carboxylic acids is 1. The van der Waals surface area contributed by atoms with Crippen LogP contribution in [0.15, 0.2) is 52.9 Å². The van der Waals surface area contributed by atoms with Gasteiger partial charge in [-0.25, -0.2) is 0 Å². The second kappa shape index (κ2) is 6.31. The van der Waals surface area contributed by atoms with Gasteiger partial charge in [-0.1, -0.05) is 23.8 Å². The molecule has 0 saturated heterocycles. The summed E-state index contributed by atoms with van der Waals surface area (Å²) in [6, 6.07) is 14.6. The lowest BCUT2D eigenvalue weighted by atomic mass is 10.2. The maximum absolute atomic E-state index is 12.1. The van der Waals surface area contributed by atoms with Crippen LogP contribution in [0.3, 0.4) is 0 Å². The molecule has 0 spiro atoms. The van der Waals surface area contributed by atoms with Crippen molar-refractivity contribution in [1.82, 2.24) is 10.2 Å². The van der Waals surface area contributed by atoms with Gasteiger partial charge in [0.05, 0.1) is 7.11 Å². The lowest BCUT2D eigenvalue weighted by molar-refractivity contribution is 0.0991. The normalized spacial score (nSPS) is 10.3. The number of aromatic nitrogens is 2. The quantitative estimate of drug-likeness (QED) is 0.800. The van der Waals surface area contributed by atoms with E-state index in [4.69, 9.17) is 9.15 Å². The summed E-state index contributed by atoms with van der Waals surface area (Å²) in [5, 5.41) is 10.4. The first-order valence-corrected chi connectivity index (χ1v) is 7.01. The molecule has 2 aromatic carbocycles. The lowest BCUT2D eigenvalue weighted by Crippen LogP contribution is -2.12. The second-order valence-corrected chi connectivity index (χ2v) is 4.96. The third kappa shape index (κ3) is 3.37. The zero-order valence-corrected chi connectivity index (χ0v) is 12.7. The number of nitrogens with one attached hydrogen (secondary N) is 1. The SMILES string of the molecule is COc1cccc(-c2nnc(C(=O)Nc3ccc(C)cc3)o2)c1. The van der Waals surface area contributed by atoms with Crippen molar-refractivity contribution in [3.8, 4) is 17.2 Å². The van der Waals surface area contributed by atoms with Gasteiger partial charge in [0.25, 0.3) is 0 Å². The van der Waals surface area contributed by atoms with Gasteiger partial charge in [0, 0.05) is 11.3 Å². The predicted octanol–water partition coefficient (Wildman–Crippen LogP) is 3.31. The molecule has 23 heavy (non-hydrogen) atoms. The molecule has 0 aliphatic rings. The van der Waals surface area contributed by atoms with E-state index in [0.29, 0.717) is 17.0 Å². The highest BCUT2D eigenvalue weighted by atomic mass is 16.5. The van der Waals surface area contributed by atoms with E-state index in [2.05, 4.69) is 15.5 Å². The van der Waals surface area contributed by atoms with Gasteiger partial charge in [-0.3, -0.25) is 4.79 Å². The number of aryl methyl sites for hydroxylation is 1. The van der Waals surface area contributed by atoms with Crippen LogP contribution in [0.1, 0.15) is 16.2 Å². The Balaban J connectivity index is 1.78. The van der Waals surface area contributed by atoms with Gasteiger partial charge >= 0.3 is 11.8 Å². The van der Waals surface area contributed by atoms with Crippen molar-refractivity contribution < 1.29 is 13.9 Å². The Bertz CT molecular complexity index is 825. The van der Waals surface area contributed by atoms with Crippen molar-refractivity contribution in [2.24, 2.45) is 0 Å². The Kier molecular flexibility index (Phi) is 4.05. The number of benzene rings is 2. The number of anilines is 1. The number of methoxy groups -OCH3 is 1. The minimum Gasteiger partial charge on any atom is -0.497 e. The topological polar surface area (TPSA) is 77.2 Å². The summed E-state index contributed by atoms with van der Waals surface area (Å²) in [4.78, 5) is 12.1. The molecule has 3 rings (SSSR count). The third-order valence-corrected chi connectivity index (χ3v) is 3.25. The summed E-state index contributed by atoms with van der Waals surface area (Å²) in [7, 11) is 1.58. The van der Waals surface area contributed by atoms with Crippen molar-refractivity contribution in [3.63, 3.8) is 0 Å². The molecule has 116 valence electrons. The molecule has 6 heteroatoms. The highest BCUT2D eigenvalue weighted by molar-refractivity contribution is 6.00. The van der Waals surface area contributed by atoms with Gasteiger partial charge < -0.3 is 14.5 Å². The van der Waals surface area contributed by atoms with E-state index in [1.165, 1.54) is 0 Å². The fourth-order valence-corrected chi connectivity index (χ4v) is 2.01. The van der Waals surface area contributed by atoms with Crippen LogP contribution in [-0.2, 0) is 0 Å². The number of hydrogen-bond donors (Lipinski definition) is 1. The van der Waals surface area contributed by atoms with Gasteiger partial charge in [-0.2, -0.15) is 0 Å². The molecule has 0 saturated carbocycles. The van der Waals surface area contributed by atoms with Crippen LogP contribution in [-0.4, -0.2) is 23.2 Å². The van der Waals surface area contributed by atoms with Gasteiger partial charge in [-0.15, -0.1) is 10.2 Å². The van der Waals surface area contributed by atoms with E-state index in [1.54, 1.807) is 19.2 Å². The molecular weight excluding hydrogens is 294 g/mol. The van der Waals surface area contributed by atoms with E-state index in [9.17, 15) is 4.79 Å². The average molecular weight is 309 g/mol. The van der Waals surface area contributed by atoms with Crippen LogP contribution in [0.5, 0.6) is 5.75 Å². The van der Waals surface area contributed by atoms with Crippen LogP contribution in [0.25, 0.3) is 11.5 Å². The summed E-state index contributed by atoms with van der Waals surface area (Å²) in [5.41, 5.74) is 2.47. The molecular formula is C17H15N3O3. The summed E-state index contributed by atoms with van der Waals surface area (Å²) < 4.78 is 10.6. The molecule has 0 radical (unpaired) electrons.